The summed E-state index contributed by atoms with van der Waals surface area (Å²) in [6.07, 6.45) is 0. The number of imidazole rings is 1. The molecule has 29 heavy (non-hydrogen) atoms. The van der Waals surface area contributed by atoms with E-state index in [2.05, 4.69) is 5.32 Å². The third kappa shape index (κ3) is 4.81. The van der Waals surface area contributed by atoms with Crippen LogP contribution in [-0.2, 0) is 22.6 Å². The number of halogens is 1. The van der Waals surface area contributed by atoms with Crippen molar-refractivity contribution in [2.24, 2.45) is 5.73 Å². The second-order valence-electron chi connectivity index (χ2n) is 7.07. The molecule has 3 N–H and O–H groups in total. The number of aromatic nitrogens is 2. The minimum Gasteiger partial charge on any atom is -0.380 e. The van der Waals surface area contributed by atoms with Gasteiger partial charge in [-0.15, -0.1) is 0 Å². The van der Waals surface area contributed by atoms with Gasteiger partial charge in [-0.2, -0.15) is 0 Å². The fourth-order valence-electron chi connectivity index (χ4n) is 3.22. The zero-order valence-electron chi connectivity index (χ0n) is 17.0. The van der Waals surface area contributed by atoms with Crippen molar-refractivity contribution < 1.29 is 13.9 Å². The maximum Gasteiger partial charge on any atom is 0.234 e. The highest BCUT2D eigenvalue weighted by atomic mass is 19.1. The molecule has 1 heterocycles. The third-order valence-corrected chi connectivity index (χ3v) is 4.92. The lowest BCUT2D eigenvalue weighted by atomic mass is 10.0. The number of carbonyl (C=O) groups excluding carboxylic acids is 1. The van der Waals surface area contributed by atoms with E-state index in [1.165, 1.54) is 6.07 Å². The van der Waals surface area contributed by atoms with Crippen molar-refractivity contribution in [3.05, 3.63) is 53.6 Å². The molecule has 0 spiro atoms. The molecule has 1 aromatic heterocycles. The van der Waals surface area contributed by atoms with Crippen LogP contribution < -0.4 is 11.1 Å². The van der Waals surface area contributed by atoms with Crippen molar-refractivity contribution in [2.45, 2.75) is 39.9 Å². The second-order valence-corrected chi connectivity index (χ2v) is 7.07. The van der Waals surface area contributed by atoms with Crippen LogP contribution in [0.3, 0.4) is 0 Å². The van der Waals surface area contributed by atoms with E-state index in [1.807, 2.05) is 42.7 Å². The summed E-state index contributed by atoms with van der Waals surface area (Å²) < 4.78 is 22.0. The Hall–Kier alpha value is -2.77. The number of hydrogen-bond acceptors (Lipinski definition) is 4. The monoisotopic (exact) mass is 398 g/mol. The Morgan fingerprint density at radius 1 is 1.31 bits per heavy atom. The normalized spacial score (nSPS) is 12.4. The smallest absolute Gasteiger partial charge is 0.234 e. The van der Waals surface area contributed by atoms with Crippen molar-refractivity contribution >= 4 is 16.9 Å². The number of primary amides is 1. The fourth-order valence-corrected chi connectivity index (χ4v) is 3.22. The summed E-state index contributed by atoms with van der Waals surface area (Å²) >= 11 is 0. The van der Waals surface area contributed by atoms with Crippen LogP contribution in [0, 0.1) is 12.7 Å². The molecule has 3 rings (SSSR count). The van der Waals surface area contributed by atoms with Crippen molar-refractivity contribution in [3.63, 3.8) is 0 Å². The molecule has 0 fully saturated rings. The number of aryl methyl sites for hydroxylation is 1. The number of nitrogens with zero attached hydrogens (tertiary/aromatic N) is 2. The summed E-state index contributed by atoms with van der Waals surface area (Å²) in [7, 11) is 0. The maximum atomic E-state index is 14.5. The number of nitrogens with two attached hydrogens (primary N) is 1. The number of fused-ring (bicyclic) bond motifs is 1. The van der Waals surface area contributed by atoms with Gasteiger partial charge in [0.25, 0.3) is 0 Å². The molecule has 0 bridgehead atoms. The molecule has 0 unspecified atom stereocenters. The first kappa shape index (κ1) is 21.0. The first-order valence-corrected chi connectivity index (χ1v) is 9.76. The predicted molar refractivity (Wildman–Crippen MR) is 112 cm³/mol. The van der Waals surface area contributed by atoms with E-state index >= 15 is 0 Å². The first-order chi connectivity index (χ1) is 13.9. The molecule has 1 atom stereocenters. The van der Waals surface area contributed by atoms with Crippen LogP contribution in [0.2, 0.25) is 0 Å². The summed E-state index contributed by atoms with van der Waals surface area (Å²) in [5.74, 6) is 0.107. The van der Waals surface area contributed by atoms with E-state index in [0.29, 0.717) is 31.9 Å². The SMILES string of the molecule is CCOCCn1c(CN[C@@H](C)C(N)=O)nc2ccc(-c3ccc(C)cc3F)cc21. The van der Waals surface area contributed by atoms with E-state index in [9.17, 15) is 9.18 Å². The lowest BCUT2D eigenvalue weighted by molar-refractivity contribution is -0.119. The lowest BCUT2D eigenvalue weighted by Crippen LogP contribution is -2.38. The number of carbonyl (C=O) groups is 1. The van der Waals surface area contributed by atoms with Gasteiger partial charge in [-0.1, -0.05) is 18.2 Å². The van der Waals surface area contributed by atoms with Gasteiger partial charge in [0.2, 0.25) is 5.91 Å². The molecule has 0 radical (unpaired) electrons. The van der Waals surface area contributed by atoms with Gasteiger partial charge in [0.15, 0.2) is 0 Å². The molecular formula is C22H27FN4O2. The lowest BCUT2D eigenvalue weighted by Gasteiger charge is -2.13. The van der Waals surface area contributed by atoms with Crippen LogP contribution >= 0.6 is 0 Å². The number of hydrogen-bond donors (Lipinski definition) is 2. The molecule has 0 aliphatic carbocycles. The third-order valence-electron chi connectivity index (χ3n) is 4.92. The van der Waals surface area contributed by atoms with Gasteiger partial charge in [0, 0.05) is 18.7 Å². The van der Waals surface area contributed by atoms with Crippen LogP contribution in [0.4, 0.5) is 4.39 Å². The van der Waals surface area contributed by atoms with Crippen molar-refractivity contribution in [2.75, 3.05) is 13.2 Å². The summed E-state index contributed by atoms with van der Waals surface area (Å²) in [6, 6.07) is 10.5. The van der Waals surface area contributed by atoms with Crippen LogP contribution in [0.15, 0.2) is 36.4 Å². The number of rotatable bonds is 9. The van der Waals surface area contributed by atoms with Crippen LogP contribution in [0.25, 0.3) is 22.2 Å². The Balaban J connectivity index is 2.00. The summed E-state index contributed by atoms with van der Waals surface area (Å²) in [6.45, 7) is 7.67. The van der Waals surface area contributed by atoms with Gasteiger partial charge in [0.05, 0.1) is 30.2 Å². The molecule has 2 aromatic carbocycles. The van der Waals surface area contributed by atoms with E-state index < -0.39 is 11.9 Å². The summed E-state index contributed by atoms with van der Waals surface area (Å²) in [5, 5.41) is 3.09. The maximum absolute atomic E-state index is 14.5. The molecule has 154 valence electrons. The minimum atomic E-state index is -0.465. The average Bonchev–Trinajstić information content (AvgIpc) is 3.03. The molecule has 6 nitrogen and oxygen atoms in total. The highest BCUT2D eigenvalue weighted by Crippen LogP contribution is 2.28. The Morgan fingerprint density at radius 2 is 2.10 bits per heavy atom. The van der Waals surface area contributed by atoms with E-state index in [1.54, 1.807) is 13.0 Å². The fraction of sp³-hybridized carbons (Fsp3) is 0.364. The van der Waals surface area contributed by atoms with Crippen molar-refractivity contribution in [1.29, 1.82) is 0 Å². The van der Waals surface area contributed by atoms with Gasteiger partial charge < -0.3 is 15.0 Å². The summed E-state index contributed by atoms with van der Waals surface area (Å²) in [5.41, 5.74) is 9.26. The molecule has 3 aromatic rings. The second kappa shape index (κ2) is 9.15. The van der Waals surface area contributed by atoms with Crippen molar-refractivity contribution in [3.8, 4) is 11.1 Å². The van der Waals surface area contributed by atoms with Gasteiger partial charge in [-0.05, 0) is 50.1 Å². The van der Waals surface area contributed by atoms with E-state index in [0.717, 1.165) is 28.0 Å². The highest BCUT2D eigenvalue weighted by molar-refractivity contribution is 5.83. The Labute approximate surface area is 169 Å². The number of nitrogens with one attached hydrogen (secondary N) is 1. The van der Waals surface area contributed by atoms with E-state index in [4.69, 9.17) is 15.5 Å². The molecule has 7 heteroatoms. The predicted octanol–water partition coefficient (Wildman–Crippen LogP) is 3.15. The minimum absolute atomic E-state index is 0.248. The summed E-state index contributed by atoms with van der Waals surface area (Å²) in [4.78, 5) is 16.0. The van der Waals surface area contributed by atoms with Crippen LogP contribution in [0.1, 0.15) is 25.2 Å². The number of benzene rings is 2. The molecule has 1 amide bonds. The molecule has 0 saturated carbocycles. The zero-order valence-corrected chi connectivity index (χ0v) is 17.0. The van der Waals surface area contributed by atoms with Crippen molar-refractivity contribution in [1.82, 2.24) is 14.9 Å². The average molecular weight is 398 g/mol. The van der Waals surface area contributed by atoms with Crippen LogP contribution in [0.5, 0.6) is 0 Å². The largest absolute Gasteiger partial charge is 0.380 e. The Morgan fingerprint density at radius 3 is 2.79 bits per heavy atom. The Bertz CT molecular complexity index is 1020. The van der Waals surface area contributed by atoms with Gasteiger partial charge in [0.1, 0.15) is 11.6 Å². The van der Waals surface area contributed by atoms with E-state index in [-0.39, 0.29) is 5.82 Å². The van der Waals surface area contributed by atoms with Crippen LogP contribution in [-0.4, -0.2) is 34.7 Å². The molecule has 0 saturated heterocycles. The topological polar surface area (TPSA) is 82.2 Å². The zero-order chi connectivity index (χ0) is 21.0. The highest BCUT2D eigenvalue weighted by Gasteiger charge is 2.15. The Kier molecular flexibility index (Phi) is 6.61. The quantitative estimate of drug-likeness (QED) is 0.543. The molecular weight excluding hydrogens is 371 g/mol. The number of amides is 1. The standard InChI is InChI=1S/C22H27FN4O2/c1-4-29-10-9-27-20-12-16(17-7-5-14(2)11-18(17)23)6-8-19(20)26-21(27)13-25-15(3)22(24)28/h5-8,11-12,15,25H,4,9-10,13H2,1-3H3,(H2,24,28)/t15-/m0/s1. The van der Waals surface area contributed by atoms with Gasteiger partial charge >= 0.3 is 0 Å². The van der Waals surface area contributed by atoms with Gasteiger partial charge in [-0.25, -0.2) is 9.37 Å². The molecule has 0 aliphatic rings. The molecule has 0 aliphatic heterocycles. The van der Waals surface area contributed by atoms with Gasteiger partial charge in [-0.3, -0.25) is 10.1 Å². The number of ether oxygens (including phenoxy) is 1. The first-order valence-electron chi connectivity index (χ1n) is 9.76.